The molecule has 1 atom stereocenters. The minimum absolute atomic E-state index is 0.0407. The summed E-state index contributed by atoms with van der Waals surface area (Å²) in [6.45, 7) is 3.14. The van der Waals surface area contributed by atoms with Gasteiger partial charge in [0, 0.05) is 31.1 Å². The van der Waals surface area contributed by atoms with Crippen molar-refractivity contribution in [2.75, 3.05) is 26.7 Å². The van der Waals surface area contributed by atoms with Crippen LogP contribution < -0.4 is 10.1 Å². The summed E-state index contributed by atoms with van der Waals surface area (Å²) < 4.78 is 5.17. The first-order chi connectivity index (χ1) is 16.4. The summed E-state index contributed by atoms with van der Waals surface area (Å²) in [5, 5.41) is 2.93. The second kappa shape index (κ2) is 10.0. The largest absolute Gasteiger partial charge is 0.497 e. The summed E-state index contributed by atoms with van der Waals surface area (Å²) in [6.07, 6.45) is 1.84. The normalized spacial score (nSPS) is 20.5. The lowest BCUT2D eigenvalue weighted by molar-refractivity contribution is -0.133. The highest BCUT2D eigenvalue weighted by Crippen LogP contribution is 2.33. The lowest BCUT2D eigenvalue weighted by Gasteiger charge is -2.38. The van der Waals surface area contributed by atoms with Gasteiger partial charge in [-0.1, -0.05) is 36.3 Å². The maximum absolute atomic E-state index is 13.3. The lowest BCUT2D eigenvalue weighted by atomic mass is 9.79. The number of nitrogens with zero attached hydrogens (tertiary/aromatic N) is 2. The minimum Gasteiger partial charge on any atom is -0.497 e. The van der Waals surface area contributed by atoms with E-state index in [0.29, 0.717) is 38.9 Å². The minimum atomic E-state index is -0.957. The molecule has 2 aromatic rings. The number of urea groups is 1. The molecule has 0 aliphatic carbocycles. The first-order valence-corrected chi connectivity index (χ1v) is 11.5. The number of amides is 4. The van der Waals surface area contributed by atoms with E-state index in [1.54, 1.807) is 18.9 Å². The Kier molecular flexibility index (Phi) is 6.87. The molecule has 4 rings (SSSR count). The molecule has 2 saturated heterocycles. The Morgan fingerprint density at radius 1 is 1.09 bits per heavy atom. The molecule has 34 heavy (non-hydrogen) atoms. The summed E-state index contributed by atoms with van der Waals surface area (Å²) >= 11 is 0. The van der Waals surface area contributed by atoms with Crippen LogP contribution in [0, 0.1) is 17.8 Å². The van der Waals surface area contributed by atoms with Gasteiger partial charge in [0.15, 0.2) is 0 Å². The van der Waals surface area contributed by atoms with E-state index in [0.717, 1.165) is 16.9 Å². The van der Waals surface area contributed by atoms with Crippen molar-refractivity contribution in [3.8, 4) is 17.6 Å². The summed E-state index contributed by atoms with van der Waals surface area (Å²) in [6, 6.07) is 16.6. The fourth-order valence-electron chi connectivity index (χ4n) is 4.61. The first kappa shape index (κ1) is 23.4. The maximum atomic E-state index is 13.3. The van der Waals surface area contributed by atoms with E-state index in [9.17, 15) is 14.4 Å². The molecule has 0 saturated carbocycles. The summed E-state index contributed by atoms with van der Waals surface area (Å²) in [5.41, 5.74) is 0.868. The lowest BCUT2D eigenvalue weighted by Crippen LogP contribution is -2.54. The van der Waals surface area contributed by atoms with Gasteiger partial charge >= 0.3 is 6.03 Å². The molecule has 7 heteroatoms. The van der Waals surface area contributed by atoms with Crippen LogP contribution in [0.25, 0.3) is 0 Å². The topological polar surface area (TPSA) is 79.0 Å². The highest BCUT2D eigenvalue weighted by molar-refractivity contribution is 6.07. The quantitative estimate of drug-likeness (QED) is 0.551. The van der Waals surface area contributed by atoms with Crippen molar-refractivity contribution >= 4 is 17.8 Å². The van der Waals surface area contributed by atoms with Crippen LogP contribution in [0.15, 0.2) is 54.6 Å². The van der Waals surface area contributed by atoms with Crippen molar-refractivity contribution in [2.24, 2.45) is 5.92 Å². The number of rotatable bonds is 5. The van der Waals surface area contributed by atoms with Gasteiger partial charge in [-0.05, 0) is 61.9 Å². The molecule has 0 bridgehead atoms. The Morgan fingerprint density at radius 3 is 2.41 bits per heavy atom. The van der Waals surface area contributed by atoms with Crippen molar-refractivity contribution in [1.29, 1.82) is 0 Å². The fraction of sp³-hybridized carbons (Fsp3) is 0.370. The molecule has 2 aliphatic rings. The highest BCUT2D eigenvalue weighted by Gasteiger charge is 2.52. The highest BCUT2D eigenvalue weighted by atomic mass is 16.5. The number of methoxy groups -OCH3 is 1. The van der Waals surface area contributed by atoms with E-state index in [1.165, 1.54) is 4.90 Å². The predicted octanol–water partition coefficient (Wildman–Crippen LogP) is 2.84. The number of likely N-dealkylation sites (tertiary alicyclic amines) is 1. The van der Waals surface area contributed by atoms with Crippen LogP contribution >= 0.6 is 0 Å². The number of hydrogen-bond acceptors (Lipinski definition) is 4. The average Bonchev–Trinajstić information content (AvgIpc) is 3.10. The van der Waals surface area contributed by atoms with Gasteiger partial charge in [-0.2, -0.15) is 0 Å². The predicted molar refractivity (Wildman–Crippen MR) is 128 cm³/mol. The van der Waals surface area contributed by atoms with Crippen LogP contribution in [-0.4, -0.2) is 59.9 Å². The van der Waals surface area contributed by atoms with Gasteiger partial charge in [0.2, 0.25) is 0 Å². The van der Waals surface area contributed by atoms with Crippen LogP contribution in [0.5, 0.6) is 5.75 Å². The Balaban J connectivity index is 1.33. The molecular weight excluding hydrogens is 430 g/mol. The molecule has 2 aliphatic heterocycles. The average molecular weight is 460 g/mol. The van der Waals surface area contributed by atoms with Crippen LogP contribution in [0.2, 0.25) is 0 Å². The zero-order valence-corrected chi connectivity index (χ0v) is 19.5. The molecular formula is C27H29N3O4. The summed E-state index contributed by atoms with van der Waals surface area (Å²) in [5.74, 6) is 5.93. The Morgan fingerprint density at radius 2 is 1.76 bits per heavy atom. The Labute approximate surface area is 200 Å². The molecule has 2 heterocycles. The van der Waals surface area contributed by atoms with Gasteiger partial charge < -0.3 is 15.0 Å². The number of imide groups is 1. The molecule has 1 unspecified atom stereocenters. The van der Waals surface area contributed by atoms with Crippen LogP contribution in [0.4, 0.5) is 4.79 Å². The van der Waals surface area contributed by atoms with E-state index in [1.807, 2.05) is 54.6 Å². The van der Waals surface area contributed by atoms with Crippen molar-refractivity contribution < 1.29 is 19.1 Å². The molecule has 0 spiro atoms. The molecule has 2 fully saturated rings. The molecule has 4 amide bonds. The molecule has 2 aromatic carbocycles. The molecule has 7 nitrogen and oxygen atoms in total. The van der Waals surface area contributed by atoms with Gasteiger partial charge in [-0.3, -0.25) is 14.5 Å². The van der Waals surface area contributed by atoms with Gasteiger partial charge in [0.25, 0.3) is 11.8 Å². The van der Waals surface area contributed by atoms with Crippen LogP contribution in [0.1, 0.15) is 30.9 Å². The number of benzene rings is 2. The Bertz CT molecular complexity index is 1110. The Hall–Kier alpha value is -3.79. The van der Waals surface area contributed by atoms with Gasteiger partial charge in [0.05, 0.1) is 7.11 Å². The van der Waals surface area contributed by atoms with E-state index in [-0.39, 0.29) is 23.8 Å². The van der Waals surface area contributed by atoms with Crippen molar-refractivity contribution in [3.05, 3.63) is 65.7 Å². The molecule has 0 aromatic heterocycles. The number of piperidine rings is 1. The van der Waals surface area contributed by atoms with Crippen molar-refractivity contribution in [3.63, 3.8) is 0 Å². The number of nitrogens with one attached hydrogen (secondary N) is 1. The maximum Gasteiger partial charge on any atom is 0.325 e. The van der Waals surface area contributed by atoms with Crippen molar-refractivity contribution in [2.45, 2.75) is 31.7 Å². The van der Waals surface area contributed by atoms with Crippen LogP contribution in [0.3, 0.4) is 0 Å². The number of ether oxygens (including phenoxy) is 1. The third-order valence-electron chi connectivity index (χ3n) is 6.77. The molecule has 1 N–H and O–H groups in total. The monoisotopic (exact) mass is 459 g/mol. The second-order valence-electron chi connectivity index (χ2n) is 8.87. The van der Waals surface area contributed by atoms with E-state index < -0.39 is 5.54 Å². The fourth-order valence-corrected chi connectivity index (χ4v) is 4.61. The zero-order chi connectivity index (χ0) is 24.1. The second-order valence-corrected chi connectivity index (χ2v) is 8.87. The van der Waals surface area contributed by atoms with Crippen molar-refractivity contribution in [1.82, 2.24) is 15.1 Å². The van der Waals surface area contributed by atoms with Crippen LogP contribution in [-0.2, 0) is 16.0 Å². The number of hydrogen-bond donors (Lipinski definition) is 1. The summed E-state index contributed by atoms with van der Waals surface area (Å²) in [7, 11) is 1.61. The SMILES string of the molecule is COc1ccc(CCN2C(=O)NC(C)(C3CCN(C(=O)C#Cc4ccccc4)CC3)C2=O)cc1. The van der Waals surface area contributed by atoms with E-state index in [2.05, 4.69) is 17.2 Å². The third kappa shape index (κ3) is 4.91. The van der Waals surface area contributed by atoms with Gasteiger partial charge in [0.1, 0.15) is 11.3 Å². The number of carbonyl (C=O) groups is 3. The van der Waals surface area contributed by atoms with E-state index >= 15 is 0 Å². The third-order valence-corrected chi connectivity index (χ3v) is 6.77. The molecule has 0 radical (unpaired) electrons. The molecule has 176 valence electrons. The van der Waals surface area contributed by atoms with Gasteiger partial charge in [-0.15, -0.1) is 0 Å². The number of carbonyl (C=O) groups excluding carboxylic acids is 3. The van der Waals surface area contributed by atoms with E-state index in [4.69, 9.17) is 4.74 Å². The standard InChI is InChI=1S/C27H29N3O4/c1-27(22-15-17-29(18-16-22)24(31)13-10-20-6-4-3-5-7-20)25(32)30(26(33)28-27)19-14-21-8-11-23(34-2)12-9-21/h3-9,11-12,22H,14-19H2,1-2H3,(H,28,33). The summed E-state index contributed by atoms with van der Waals surface area (Å²) in [4.78, 5) is 41.4. The zero-order valence-electron chi connectivity index (χ0n) is 19.5. The first-order valence-electron chi connectivity index (χ1n) is 11.5. The smallest absolute Gasteiger partial charge is 0.325 e. The van der Waals surface area contributed by atoms with Gasteiger partial charge in [-0.25, -0.2) is 4.79 Å².